The summed E-state index contributed by atoms with van der Waals surface area (Å²) < 4.78 is 37.1. The van der Waals surface area contributed by atoms with E-state index in [0.717, 1.165) is 5.56 Å². The number of nitrogens with zero attached hydrogens (tertiary/aromatic N) is 2. The normalized spacial score (nSPS) is 26.9. The summed E-state index contributed by atoms with van der Waals surface area (Å²) in [7, 11) is -3.08. The van der Waals surface area contributed by atoms with Crippen LogP contribution in [0.5, 0.6) is 0 Å². The number of fused-ring (bicyclic) bond motifs is 1. The van der Waals surface area contributed by atoms with Crippen molar-refractivity contribution in [1.82, 2.24) is 4.90 Å². The lowest BCUT2D eigenvalue weighted by Crippen LogP contribution is -2.37. The van der Waals surface area contributed by atoms with Gasteiger partial charge in [-0.25, -0.2) is 12.8 Å². The number of benzene rings is 1. The predicted molar refractivity (Wildman–Crippen MR) is 97.7 cm³/mol. The quantitative estimate of drug-likeness (QED) is 0.784. The van der Waals surface area contributed by atoms with Gasteiger partial charge in [0.25, 0.3) is 5.91 Å². The van der Waals surface area contributed by atoms with E-state index in [2.05, 4.69) is 4.99 Å². The van der Waals surface area contributed by atoms with Crippen molar-refractivity contribution < 1.29 is 17.6 Å². The lowest BCUT2D eigenvalue weighted by Gasteiger charge is -2.25. The molecule has 2 fully saturated rings. The number of hydrogen-bond donors (Lipinski definition) is 0. The summed E-state index contributed by atoms with van der Waals surface area (Å²) in [6.45, 7) is 5.80. The molecule has 0 spiro atoms. The fraction of sp³-hybridized carbons (Fsp3) is 0.529. The Morgan fingerprint density at radius 3 is 2.52 bits per heavy atom. The molecule has 1 aromatic carbocycles. The van der Waals surface area contributed by atoms with E-state index in [-0.39, 0.29) is 34.5 Å². The monoisotopic (exact) mass is 384 g/mol. The zero-order chi connectivity index (χ0) is 18.4. The van der Waals surface area contributed by atoms with Gasteiger partial charge in [0.1, 0.15) is 5.82 Å². The van der Waals surface area contributed by atoms with Crippen molar-refractivity contribution in [2.24, 2.45) is 10.4 Å². The number of amides is 1. The van der Waals surface area contributed by atoms with Gasteiger partial charge in [-0.3, -0.25) is 4.79 Å². The average Bonchev–Trinajstić information content (AvgIpc) is 2.93. The third-order valence-corrected chi connectivity index (χ3v) is 7.53. The van der Waals surface area contributed by atoms with Crippen LogP contribution < -0.4 is 0 Å². The zero-order valence-electron chi connectivity index (χ0n) is 14.4. The molecule has 1 amide bonds. The molecule has 0 aliphatic carbocycles. The Morgan fingerprint density at radius 2 is 1.92 bits per heavy atom. The van der Waals surface area contributed by atoms with Crippen LogP contribution in [-0.4, -0.2) is 47.2 Å². The van der Waals surface area contributed by atoms with Crippen LogP contribution in [0.1, 0.15) is 26.3 Å². The molecule has 3 rings (SSSR count). The topological polar surface area (TPSA) is 66.8 Å². The third kappa shape index (κ3) is 4.06. The van der Waals surface area contributed by atoms with E-state index in [9.17, 15) is 17.6 Å². The minimum Gasteiger partial charge on any atom is -0.342 e. The van der Waals surface area contributed by atoms with Crippen molar-refractivity contribution in [1.29, 1.82) is 0 Å². The highest BCUT2D eigenvalue weighted by Crippen LogP contribution is 2.39. The SMILES string of the molecule is CC(C)(C)C(=O)N=C1SC2CS(=O)(=O)CC2N1Cc1ccc(F)cc1. The molecule has 2 aliphatic heterocycles. The molecule has 136 valence electrons. The molecule has 8 heteroatoms. The van der Waals surface area contributed by atoms with E-state index in [4.69, 9.17) is 0 Å². The Morgan fingerprint density at radius 1 is 1.28 bits per heavy atom. The minimum absolute atomic E-state index is 0.0641. The van der Waals surface area contributed by atoms with Crippen LogP contribution in [0.3, 0.4) is 0 Å². The van der Waals surface area contributed by atoms with Crippen LogP contribution in [0.4, 0.5) is 4.39 Å². The maximum Gasteiger partial charge on any atom is 0.253 e. The zero-order valence-corrected chi connectivity index (χ0v) is 16.0. The van der Waals surface area contributed by atoms with Crippen LogP contribution in [-0.2, 0) is 21.2 Å². The smallest absolute Gasteiger partial charge is 0.253 e. The number of aliphatic imine (C=N–C) groups is 1. The number of amidine groups is 1. The van der Waals surface area contributed by atoms with Crippen molar-refractivity contribution >= 4 is 32.7 Å². The largest absolute Gasteiger partial charge is 0.342 e. The van der Waals surface area contributed by atoms with Crippen molar-refractivity contribution in [2.45, 2.75) is 38.6 Å². The molecule has 0 radical (unpaired) electrons. The molecule has 25 heavy (non-hydrogen) atoms. The first-order valence-electron chi connectivity index (χ1n) is 8.06. The molecule has 2 unspecified atom stereocenters. The molecule has 2 aliphatic rings. The van der Waals surface area contributed by atoms with Gasteiger partial charge in [0, 0.05) is 17.2 Å². The molecule has 0 bridgehead atoms. The first-order chi connectivity index (χ1) is 11.5. The summed E-state index contributed by atoms with van der Waals surface area (Å²) in [6.07, 6.45) is 0. The summed E-state index contributed by atoms with van der Waals surface area (Å²) in [5.74, 6) is -0.390. The minimum atomic E-state index is -3.08. The predicted octanol–water partition coefficient (Wildman–Crippen LogP) is 2.47. The Bertz CT molecular complexity index is 813. The van der Waals surface area contributed by atoms with Gasteiger partial charge >= 0.3 is 0 Å². The first kappa shape index (κ1) is 18.4. The summed E-state index contributed by atoms with van der Waals surface area (Å²) >= 11 is 1.36. The lowest BCUT2D eigenvalue weighted by atomic mass is 9.96. The molecular weight excluding hydrogens is 363 g/mol. The average molecular weight is 384 g/mol. The first-order valence-corrected chi connectivity index (χ1v) is 10.8. The number of sulfone groups is 1. The van der Waals surface area contributed by atoms with Gasteiger partial charge in [-0.05, 0) is 17.7 Å². The van der Waals surface area contributed by atoms with Gasteiger partial charge in [-0.15, -0.1) is 0 Å². The molecule has 0 aromatic heterocycles. The summed E-state index contributed by atoms with van der Waals surface area (Å²) in [5, 5.41) is 0.450. The standard InChI is InChI=1S/C17H21FN2O3S2/c1-17(2,3)15(21)19-16-20(8-11-4-6-12(18)7-5-11)13-9-25(22,23)10-14(13)24-16/h4-7,13-14H,8-10H2,1-3H3. The van der Waals surface area contributed by atoms with Crippen LogP contribution in [0.2, 0.25) is 0 Å². The molecule has 2 heterocycles. The highest BCUT2D eigenvalue weighted by molar-refractivity contribution is 8.15. The fourth-order valence-corrected chi connectivity index (χ4v) is 6.81. The van der Waals surface area contributed by atoms with Crippen molar-refractivity contribution in [2.75, 3.05) is 11.5 Å². The van der Waals surface area contributed by atoms with Crippen molar-refractivity contribution in [3.05, 3.63) is 35.6 Å². The highest BCUT2D eigenvalue weighted by atomic mass is 32.2. The fourth-order valence-electron chi connectivity index (χ4n) is 2.86. The van der Waals surface area contributed by atoms with Crippen LogP contribution in [0.15, 0.2) is 29.3 Å². The second-order valence-corrected chi connectivity index (χ2v) is 10.9. The molecule has 0 N–H and O–H groups in total. The van der Waals surface area contributed by atoms with Gasteiger partial charge < -0.3 is 4.90 Å². The van der Waals surface area contributed by atoms with Crippen LogP contribution in [0.25, 0.3) is 0 Å². The van der Waals surface area contributed by atoms with Gasteiger partial charge in [-0.1, -0.05) is 44.7 Å². The van der Waals surface area contributed by atoms with E-state index >= 15 is 0 Å². The number of carbonyl (C=O) groups excluding carboxylic acids is 1. The van der Waals surface area contributed by atoms with E-state index in [1.807, 2.05) is 4.90 Å². The second kappa shape index (κ2) is 6.39. The molecule has 2 atom stereocenters. The lowest BCUT2D eigenvalue weighted by molar-refractivity contribution is -0.124. The second-order valence-electron chi connectivity index (χ2n) is 7.50. The van der Waals surface area contributed by atoms with Gasteiger partial charge in [0.05, 0.1) is 17.5 Å². The molecule has 5 nitrogen and oxygen atoms in total. The maximum atomic E-state index is 13.1. The van der Waals surface area contributed by atoms with Crippen LogP contribution in [0, 0.1) is 11.2 Å². The number of halogens is 1. The Hall–Kier alpha value is -1.41. The molecule has 1 aromatic rings. The number of carbonyl (C=O) groups is 1. The summed E-state index contributed by atoms with van der Waals surface area (Å²) in [6, 6.07) is 5.88. The summed E-state index contributed by atoms with van der Waals surface area (Å²) in [5.41, 5.74) is 0.252. The molecular formula is C17H21FN2O3S2. The Kier molecular flexibility index (Phi) is 4.70. The van der Waals surface area contributed by atoms with E-state index in [1.54, 1.807) is 32.9 Å². The van der Waals surface area contributed by atoms with E-state index in [0.29, 0.717) is 11.7 Å². The number of rotatable bonds is 2. The third-order valence-electron chi connectivity index (χ3n) is 4.28. The number of hydrogen-bond acceptors (Lipinski definition) is 4. The highest BCUT2D eigenvalue weighted by Gasteiger charge is 2.48. The maximum absolute atomic E-state index is 13.1. The van der Waals surface area contributed by atoms with Gasteiger partial charge in [0.15, 0.2) is 15.0 Å². The molecule has 0 saturated carbocycles. The Labute approximate surface area is 151 Å². The summed E-state index contributed by atoms with van der Waals surface area (Å²) in [4.78, 5) is 18.5. The number of thioether (sulfide) groups is 1. The molecule has 2 saturated heterocycles. The van der Waals surface area contributed by atoms with Gasteiger partial charge in [0.2, 0.25) is 0 Å². The van der Waals surface area contributed by atoms with E-state index in [1.165, 1.54) is 23.9 Å². The van der Waals surface area contributed by atoms with Gasteiger partial charge in [-0.2, -0.15) is 4.99 Å². The van der Waals surface area contributed by atoms with Crippen molar-refractivity contribution in [3.8, 4) is 0 Å². The van der Waals surface area contributed by atoms with E-state index < -0.39 is 15.3 Å². The van der Waals surface area contributed by atoms with Crippen molar-refractivity contribution in [3.63, 3.8) is 0 Å². The Balaban J connectivity index is 1.91. The van der Waals surface area contributed by atoms with Crippen LogP contribution >= 0.6 is 11.8 Å².